The second-order valence-electron chi connectivity index (χ2n) is 7.31. The zero-order valence-corrected chi connectivity index (χ0v) is 17.2. The monoisotopic (exact) mass is 413 g/mol. The van der Waals surface area contributed by atoms with Gasteiger partial charge in [0.25, 0.3) is 0 Å². The minimum absolute atomic E-state index is 0.199. The minimum atomic E-state index is -3.16. The van der Waals surface area contributed by atoms with Gasteiger partial charge >= 0.3 is 0 Å². The number of sulfone groups is 1. The molecule has 0 amide bonds. The summed E-state index contributed by atoms with van der Waals surface area (Å²) in [7, 11) is -1.53. The molecule has 0 saturated carbocycles. The van der Waals surface area contributed by atoms with E-state index < -0.39 is 9.84 Å². The molecule has 152 valence electrons. The fourth-order valence-electron chi connectivity index (χ4n) is 3.53. The number of rotatable bonds is 6. The fraction of sp³-hybridized carbons (Fsp3) is 0.333. The molecule has 2 heterocycles. The molecule has 1 aromatic heterocycles. The topological polar surface area (TPSA) is 85.5 Å². The number of nitrogens with zero attached hydrogens (tertiary/aromatic N) is 3. The first-order valence-electron chi connectivity index (χ1n) is 9.41. The first-order chi connectivity index (χ1) is 13.9. The highest BCUT2D eigenvalue weighted by atomic mass is 32.2. The molecule has 2 aromatic carbocycles. The molecule has 1 aliphatic heterocycles. The first-order valence-corrected chi connectivity index (χ1v) is 11.3. The Morgan fingerprint density at radius 1 is 1.10 bits per heavy atom. The number of hydrogen-bond donors (Lipinski definition) is 0. The number of aromatic nitrogens is 2. The highest BCUT2D eigenvalue weighted by Crippen LogP contribution is 2.30. The van der Waals surface area contributed by atoms with Gasteiger partial charge in [-0.2, -0.15) is 0 Å². The van der Waals surface area contributed by atoms with E-state index in [2.05, 4.69) is 15.1 Å². The Hall–Kier alpha value is -2.71. The number of hydrogen-bond acceptors (Lipinski definition) is 7. The summed E-state index contributed by atoms with van der Waals surface area (Å²) in [6, 6.07) is 14.6. The molecule has 8 heteroatoms. The van der Waals surface area contributed by atoms with Crippen molar-refractivity contribution in [1.82, 2.24) is 15.1 Å². The molecule has 0 radical (unpaired) electrons. The van der Waals surface area contributed by atoms with Crippen LogP contribution in [0.2, 0.25) is 0 Å². The van der Waals surface area contributed by atoms with Crippen LogP contribution >= 0.6 is 0 Å². The van der Waals surface area contributed by atoms with Crippen molar-refractivity contribution in [2.45, 2.75) is 23.8 Å². The lowest BCUT2D eigenvalue weighted by Gasteiger charge is -2.15. The van der Waals surface area contributed by atoms with Gasteiger partial charge in [0.15, 0.2) is 9.84 Å². The maximum absolute atomic E-state index is 11.6. The van der Waals surface area contributed by atoms with Crippen molar-refractivity contribution in [1.29, 1.82) is 0 Å². The Bertz CT molecular complexity index is 1080. The largest absolute Gasteiger partial charge is 0.497 e. The summed E-state index contributed by atoms with van der Waals surface area (Å²) in [5.41, 5.74) is 1.95. The SMILES string of the molecule is COc1ccc(-c2nnc([C@H]3CCN(Cc4ccc(S(C)(=O)=O)cc4)C3)o2)cc1. The molecule has 1 fully saturated rings. The Balaban J connectivity index is 1.39. The molecule has 7 nitrogen and oxygen atoms in total. The van der Waals surface area contributed by atoms with Crippen molar-refractivity contribution < 1.29 is 17.6 Å². The molecule has 1 saturated heterocycles. The van der Waals surface area contributed by atoms with Gasteiger partial charge in [-0.3, -0.25) is 4.90 Å². The molecule has 0 spiro atoms. The predicted molar refractivity (Wildman–Crippen MR) is 108 cm³/mol. The van der Waals surface area contributed by atoms with E-state index in [1.807, 2.05) is 36.4 Å². The molecule has 0 aliphatic carbocycles. The van der Waals surface area contributed by atoms with E-state index >= 15 is 0 Å². The van der Waals surface area contributed by atoms with E-state index in [-0.39, 0.29) is 5.92 Å². The highest BCUT2D eigenvalue weighted by molar-refractivity contribution is 7.90. The molecule has 0 unspecified atom stereocenters. The van der Waals surface area contributed by atoms with Crippen LogP contribution in [0.25, 0.3) is 11.5 Å². The zero-order valence-electron chi connectivity index (χ0n) is 16.4. The predicted octanol–water partition coefficient (Wildman–Crippen LogP) is 3.14. The van der Waals surface area contributed by atoms with Crippen LogP contribution < -0.4 is 4.74 Å². The Labute approximate surface area is 170 Å². The van der Waals surface area contributed by atoms with Crippen LogP contribution in [0.3, 0.4) is 0 Å². The van der Waals surface area contributed by atoms with Crippen LogP contribution in [-0.4, -0.2) is 50.0 Å². The number of methoxy groups -OCH3 is 1. The minimum Gasteiger partial charge on any atom is -0.497 e. The normalized spacial score (nSPS) is 17.5. The number of likely N-dealkylation sites (tertiary alicyclic amines) is 1. The summed E-state index contributed by atoms with van der Waals surface area (Å²) in [5, 5.41) is 8.45. The van der Waals surface area contributed by atoms with Crippen molar-refractivity contribution in [3.05, 3.63) is 60.0 Å². The van der Waals surface area contributed by atoms with Gasteiger partial charge in [-0.25, -0.2) is 8.42 Å². The molecular formula is C21H23N3O4S. The van der Waals surface area contributed by atoms with Crippen molar-refractivity contribution >= 4 is 9.84 Å². The van der Waals surface area contributed by atoms with Gasteiger partial charge in [0.05, 0.1) is 17.9 Å². The van der Waals surface area contributed by atoms with Crippen molar-refractivity contribution in [3.8, 4) is 17.2 Å². The van der Waals surface area contributed by atoms with E-state index in [9.17, 15) is 8.42 Å². The zero-order chi connectivity index (χ0) is 20.4. The summed E-state index contributed by atoms with van der Waals surface area (Å²) in [5.74, 6) is 2.15. The third-order valence-electron chi connectivity index (χ3n) is 5.16. The Kier molecular flexibility index (Phi) is 5.38. The third kappa shape index (κ3) is 4.49. The van der Waals surface area contributed by atoms with Gasteiger partial charge in [-0.15, -0.1) is 10.2 Å². The van der Waals surface area contributed by atoms with Crippen molar-refractivity contribution in [2.75, 3.05) is 26.5 Å². The molecule has 3 aromatic rings. The van der Waals surface area contributed by atoms with E-state index in [1.54, 1.807) is 19.2 Å². The summed E-state index contributed by atoms with van der Waals surface area (Å²) in [6.07, 6.45) is 2.17. The molecule has 0 bridgehead atoms. The van der Waals surface area contributed by atoms with Crippen LogP contribution in [0.15, 0.2) is 57.8 Å². The molecule has 1 aliphatic rings. The highest BCUT2D eigenvalue weighted by Gasteiger charge is 2.28. The van der Waals surface area contributed by atoms with Gasteiger partial charge in [0, 0.05) is 24.9 Å². The standard InChI is InChI=1S/C21H23N3O4S/c1-27-18-7-5-16(6-8-18)20-22-23-21(28-20)17-11-12-24(14-17)13-15-3-9-19(10-4-15)29(2,25)26/h3-10,17H,11-14H2,1-2H3/t17-/m0/s1. The summed E-state index contributed by atoms with van der Waals surface area (Å²) < 4.78 is 34.3. The van der Waals surface area contributed by atoms with Crippen LogP contribution in [0.4, 0.5) is 0 Å². The van der Waals surface area contributed by atoms with Crippen molar-refractivity contribution in [3.63, 3.8) is 0 Å². The second kappa shape index (κ2) is 7.96. The third-order valence-corrected chi connectivity index (χ3v) is 6.29. The van der Waals surface area contributed by atoms with E-state index in [0.717, 1.165) is 42.9 Å². The lowest BCUT2D eigenvalue weighted by Crippen LogP contribution is -2.19. The molecule has 4 rings (SSSR count). The summed E-state index contributed by atoms with van der Waals surface area (Å²) in [4.78, 5) is 2.66. The lowest BCUT2D eigenvalue weighted by atomic mass is 10.1. The van der Waals surface area contributed by atoms with Crippen LogP contribution in [0.5, 0.6) is 5.75 Å². The van der Waals surface area contributed by atoms with E-state index in [0.29, 0.717) is 16.7 Å². The Morgan fingerprint density at radius 2 is 1.83 bits per heavy atom. The molecule has 1 atom stereocenters. The van der Waals surface area contributed by atoms with Gasteiger partial charge in [0.1, 0.15) is 5.75 Å². The molecule has 29 heavy (non-hydrogen) atoms. The first kappa shape index (κ1) is 19.6. The maximum Gasteiger partial charge on any atom is 0.247 e. The van der Waals surface area contributed by atoms with Crippen LogP contribution in [0, 0.1) is 0 Å². The van der Waals surface area contributed by atoms with Gasteiger partial charge in [0.2, 0.25) is 11.8 Å². The summed E-state index contributed by atoms with van der Waals surface area (Å²) in [6.45, 7) is 2.52. The maximum atomic E-state index is 11.6. The quantitative estimate of drug-likeness (QED) is 0.614. The van der Waals surface area contributed by atoms with E-state index in [1.165, 1.54) is 6.26 Å². The number of ether oxygens (including phenoxy) is 1. The summed E-state index contributed by atoms with van der Waals surface area (Å²) >= 11 is 0. The smallest absolute Gasteiger partial charge is 0.247 e. The van der Waals surface area contributed by atoms with E-state index in [4.69, 9.17) is 9.15 Å². The second-order valence-corrected chi connectivity index (χ2v) is 9.33. The Morgan fingerprint density at radius 3 is 2.48 bits per heavy atom. The van der Waals surface area contributed by atoms with Gasteiger partial charge in [-0.05, 0) is 54.9 Å². The fourth-order valence-corrected chi connectivity index (χ4v) is 4.16. The number of benzene rings is 2. The average molecular weight is 413 g/mol. The van der Waals surface area contributed by atoms with Crippen molar-refractivity contribution in [2.24, 2.45) is 0 Å². The van der Waals surface area contributed by atoms with Gasteiger partial charge in [-0.1, -0.05) is 12.1 Å². The average Bonchev–Trinajstić information content (AvgIpc) is 3.37. The van der Waals surface area contributed by atoms with Gasteiger partial charge < -0.3 is 9.15 Å². The molecular weight excluding hydrogens is 390 g/mol. The molecule has 0 N–H and O–H groups in total. The van der Waals surface area contributed by atoms with Crippen LogP contribution in [-0.2, 0) is 16.4 Å². The van der Waals surface area contributed by atoms with Crippen LogP contribution in [0.1, 0.15) is 23.8 Å². The lowest BCUT2D eigenvalue weighted by molar-refractivity contribution is 0.320.